The normalized spacial score (nSPS) is 18.2. The number of hydrogen-bond acceptors (Lipinski definition) is 5. The Labute approximate surface area is 252 Å². The first-order valence-corrected chi connectivity index (χ1v) is 14.3. The van der Waals surface area contributed by atoms with Gasteiger partial charge in [0.05, 0.1) is 47.7 Å². The molecule has 2 fully saturated rings. The van der Waals surface area contributed by atoms with Gasteiger partial charge >= 0.3 is 12.4 Å². The van der Waals surface area contributed by atoms with E-state index in [0.717, 1.165) is 30.8 Å². The van der Waals surface area contributed by atoms with Gasteiger partial charge in [-0.2, -0.15) is 26.3 Å². The first-order valence-electron chi connectivity index (χ1n) is 14.3. The maximum absolute atomic E-state index is 14.0. The average Bonchev–Trinajstić information content (AvgIpc) is 2.99. The van der Waals surface area contributed by atoms with Gasteiger partial charge in [-0.05, 0) is 61.7 Å². The topological polar surface area (TPSA) is 48.9 Å². The highest BCUT2D eigenvalue weighted by Crippen LogP contribution is 2.41. The molecule has 0 bridgehead atoms. The first-order chi connectivity index (χ1) is 20.6. The minimum Gasteiger partial charge on any atom is -0.378 e. The number of likely N-dealkylation sites (N-methyl/N-ethyl adjacent to an activating group) is 1. The van der Waals surface area contributed by atoms with Crippen molar-refractivity contribution in [1.82, 2.24) is 9.88 Å². The Hall–Kier alpha value is -3.64. The molecule has 0 radical (unpaired) electrons. The molecule has 236 valence electrons. The van der Waals surface area contributed by atoms with E-state index in [4.69, 9.17) is 4.74 Å². The lowest BCUT2D eigenvalue weighted by Crippen LogP contribution is -2.58. The van der Waals surface area contributed by atoms with E-state index < -0.39 is 40.4 Å². The molecule has 0 saturated carbocycles. The smallest absolute Gasteiger partial charge is 0.378 e. The molecule has 2 aliphatic heterocycles. The summed E-state index contributed by atoms with van der Waals surface area (Å²) in [6.07, 6.45) is -8.52. The molecule has 0 unspecified atom stereocenters. The molecule has 5 rings (SSSR count). The molecule has 2 aromatic carbocycles. The number of fused-ring (bicyclic) bond motifs is 1. The molecular weight excluding hydrogens is 586 g/mol. The summed E-state index contributed by atoms with van der Waals surface area (Å²) in [5, 5.41) is 0. The van der Waals surface area contributed by atoms with E-state index in [9.17, 15) is 31.1 Å². The van der Waals surface area contributed by atoms with Crippen LogP contribution < -0.4 is 9.80 Å². The van der Waals surface area contributed by atoms with Gasteiger partial charge in [0, 0.05) is 38.8 Å². The fourth-order valence-corrected chi connectivity index (χ4v) is 5.89. The molecule has 0 N–H and O–H groups in total. The Morgan fingerprint density at radius 1 is 0.909 bits per heavy atom. The Kier molecular flexibility index (Phi) is 8.45. The summed E-state index contributed by atoms with van der Waals surface area (Å²) in [5.74, 6) is 0.00679. The van der Waals surface area contributed by atoms with Crippen LogP contribution >= 0.6 is 0 Å². The summed E-state index contributed by atoms with van der Waals surface area (Å²) in [6, 6.07) is 11.0. The molecule has 44 heavy (non-hydrogen) atoms. The Bertz CT molecular complexity index is 1510. The molecule has 0 aliphatic carbocycles. The molecular formula is C32H34F6N4O2. The number of ether oxygens (including phenoxy) is 1. The number of hydrogen-bond donors (Lipinski definition) is 0. The highest BCUT2D eigenvalue weighted by atomic mass is 19.4. The fraction of sp³-hybridized carbons (Fsp3) is 0.438. The second-order valence-electron chi connectivity index (χ2n) is 11.9. The van der Waals surface area contributed by atoms with Crippen LogP contribution in [0.3, 0.4) is 0 Å². The molecule has 3 aromatic rings. The van der Waals surface area contributed by atoms with E-state index in [1.54, 1.807) is 6.20 Å². The highest BCUT2D eigenvalue weighted by Gasteiger charge is 2.41. The van der Waals surface area contributed by atoms with Crippen molar-refractivity contribution in [2.75, 3.05) is 56.2 Å². The number of alkyl halides is 6. The monoisotopic (exact) mass is 620 g/mol. The van der Waals surface area contributed by atoms with Crippen molar-refractivity contribution < 1.29 is 35.9 Å². The van der Waals surface area contributed by atoms with Crippen molar-refractivity contribution in [3.8, 4) is 11.1 Å². The molecule has 2 saturated heterocycles. The van der Waals surface area contributed by atoms with Crippen LogP contribution in [0.25, 0.3) is 11.1 Å². The van der Waals surface area contributed by atoms with Gasteiger partial charge in [0.25, 0.3) is 0 Å². The lowest BCUT2D eigenvalue weighted by atomic mass is 9.81. The Balaban J connectivity index is 1.54. The van der Waals surface area contributed by atoms with E-state index in [-0.39, 0.29) is 12.1 Å². The second kappa shape index (κ2) is 11.7. The maximum atomic E-state index is 14.0. The number of amides is 1. The van der Waals surface area contributed by atoms with Gasteiger partial charge in [-0.25, -0.2) is 4.98 Å². The number of pyridine rings is 1. The third kappa shape index (κ3) is 6.28. The van der Waals surface area contributed by atoms with Crippen molar-refractivity contribution in [3.05, 3.63) is 77.0 Å². The zero-order valence-electron chi connectivity index (χ0n) is 24.9. The quantitative estimate of drug-likeness (QED) is 0.303. The van der Waals surface area contributed by atoms with E-state index in [2.05, 4.69) is 14.8 Å². The van der Waals surface area contributed by atoms with Crippen LogP contribution in [0, 0.1) is 6.92 Å². The predicted molar refractivity (Wildman–Crippen MR) is 156 cm³/mol. The summed E-state index contributed by atoms with van der Waals surface area (Å²) >= 11 is 0. The van der Waals surface area contributed by atoms with Crippen molar-refractivity contribution >= 4 is 17.4 Å². The van der Waals surface area contributed by atoms with E-state index in [1.165, 1.54) is 25.8 Å². The fourth-order valence-electron chi connectivity index (χ4n) is 5.89. The number of morpholine rings is 1. The number of anilines is 2. The van der Waals surface area contributed by atoms with E-state index in [1.807, 2.05) is 37.3 Å². The summed E-state index contributed by atoms with van der Waals surface area (Å²) in [4.78, 5) is 24.5. The van der Waals surface area contributed by atoms with Crippen LogP contribution in [-0.4, -0.2) is 68.3 Å². The van der Waals surface area contributed by atoms with Crippen LogP contribution in [0.5, 0.6) is 0 Å². The van der Waals surface area contributed by atoms with Gasteiger partial charge in [0.15, 0.2) is 0 Å². The van der Waals surface area contributed by atoms with E-state index in [0.29, 0.717) is 49.0 Å². The molecule has 1 atom stereocenters. The minimum atomic E-state index is -5.03. The van der Waals surface area contributed by atoms with Crippen molar-refractivity contribution in [2.45, 2.75) is 44.6 Å². The summed E-state index contributed by atoms with van der Waals surface area (Å²) in [5.41, 5.74) is -2.31. The lowest BCUT2D eigenvalue weighted by molar-refractivity contribution is -0.143. The molecule has 1 aromatic heterocycles. The lowest BCUT2D eigenvalue weighted by Gasteiger charge is -2.44. The van der Waals surface area contributed by atoms with Crippen LogP contribution in [-0.2, 0) is 27.3 Å². The highest BCUT2D eigenvalue weighted by molar-refractivity contribution is 6.03. The minimum absolute atomic E-state index is 0.0615. The number of nitrogens with zero attached hydrogens (tertiary/aromatic N) is 4. The zero-order valence-corrected chi connectivity index (χ0v) is 24.9. The second-order valence-corrected chi connectivity index (χ2v) is 11.9. The predicted octanol–water partition coefficient (Wildman–Crippen LogP) is 6.56. The van der Waals surface area contributed by atoms with Gasteiger partial charge in [-0.3, -0.25) is 9.69 Å². The van der Waals surface area contributed by atoms with Gasteiger partial charge in [0.2, 0.25) is 5.91 Å². The van der Waals surface area contributed by atoms with Crippen molar-refractivity contribution in [2.24, 2.45) is 0 Å². The molecule has 3 heterocycles. The first kappa shape index (κ1) is 31.8. The number of rotatable bonds is 5. The van der Waals surface area contributed by atoms with Crippen LogP contribution in [0.2, 0.25) is 0 Å². The van der Waals surface area contributed by atoms with Crippen LogP contribution in [0.1, 0.15) is 36.1 Å². The number of benzene rings is 2. The van der Waals surface area contributed by atoms with Gasteiger partial charge < -0.3 is 14.5 Å². The number of carbonyl (C=O) groups is 1. The van der Waals surface area contributed by atoms with Crippen LogP contribution in [0.4, 0.5) is 37.8 Å². The summed E-state index contributed by atoms with van der Waals surface area (Å²) in [7, 11) is 1.46. The van der Waals surface area contributed by atoms with Crippen molar-refractivity contribution in [3.63, 3.8) is 0 Å². The SMILES string of the molecule is Cc1ccccc1-c1cc(N2CCN3CCOC[C@@H]3C2)ncc1N(C)C(=O)C(C)(C)c1cc(C(F)(F)F)cc(C(F)(F)F)c1. The maximum Gasteiger partial charge on any atom is 0.416 e. The number of aromatic nitrogens is 1. The molecule has 12 heteroatoms. The Morgan fingerprint density at radius 3 is 2.18 bits per heavy atom. The third-order valence-electron chi connectivity index (χ3n) is 8.58. The zero-order chi connectivity index (χ0) is 32.0. The summed E-state index contributed by atoms with van der Waals surface area (Å²) in [6.45, 7) is 9.06. The third-order valence-corrected chi connectivity index (χ3v) is 8.58. The average molecular weight is 621 g/mol. The number of piperazine rings is 1. The molecule has 1 amide bonds. The van der Waals surface area contributed by atoms with Gasteiger partial charge in [-0.15, -0.1) is 0 Å². The number of carbonyl (C=O) groups excluding carboxylic acids is 1. The molecule has 2 aliphatic rings. The summed E-state index contributed by atoms with van der Waals surface area (Å²) < 4.78 is 87.4. The van der Waals surface area contributed by atoms with Gasteiger partial charge in [-0.1, -0.05) is 24.3 Å². The van der Waals surface area contributed by atoms with E-state index >= 15 is 0 Å². The van der Waals surface area contributed by atoms with Crippen molar-refractivity contribution in [1.29, 1.82) is 0 Å². The number of aryl methyl sites for hydroxylation is 1. The number of halogens is 6. The van der Waals surface area contributed by atoms with Crippen LogP contribution in [0.15, 0.2) is 54.7 Å². The standard InChI is InChI=1S/C32H34F6N4O2/c1-20-7-5-6-8-25(20)26-16-28(42-10-9-41-11-12-44-19-24(41)18-42)39-17-27(26)40(4)29(43)30(2,3)21-13-22(31(33,34)35)15-23(14-21)32(36,37)38/h5-8,13-17,24H,9-12,18-19H2,1-4H3/t24-/m0/s1. The molecule has 6 nitrogen and oxygen atoms in total. The molecule has 0 spiro atoms. The van der Waals surface area contributed by atoms with Gasteiger partial charge in [0.1, 0.15) is 5.82 Å². The largest absolute Gasteiger partial charge is 0.416 e. The Morgan fingerprint density at radius 2 is 1.55 bits per heavy atom.